The van der Waals surface area contributed by atoms with Crippen LogP contribution in [-0.2, 0) is 5.41 Å². The molecule has 1 aromatic rings. The standard InChI is InChI=1S/C16H28OS/c1-15(2,3)11-7-8-12(17)13-9-10-14(18-13)16(4,5)6/h9-10,12,17H,7-8,11H2,1-6H3. The van der Waals surface area contributed by atoms with Crippen molar-refractivity contribution in [3.63, 3.8) is 0 Å². The highest BCUT2D eigenvalue weighted by Gasteiger charge is 2.19. The van der Waals surface area contributed by atoms with Gasteiger partial charge in [0.25, 0.3) is 0 Å². The van der Waals surface area contributed by atoms with E-state index in [2.05, 4.69) is 53.7 Å². The maximum absolute atomic E-state index is 10.2. The van der Waals surface area contributed by atoms with E-state index in [4.69, 9.17) is 0 Å². The summed E-state index contributed by atoms with van der Waals surface area (Å²) in [5, 5.41) is 10.2. The molecule has 1 nitrogen and oxygen atoms in total. The molecule has 1 N–H and O–H groups in total. The van der Waals surface area contributed by atoms with Crippen molar-refractivity contribution in [3.05, 3.63) is 21.9 Å². The van der Waals surface area contributed by atoms with Gasteiger partial charge in [0, 0.05) is 9.75 Å². The molecule has 0 spiro atoms. The van der Waals surface area contributed by atoms with E-state index >= 15 is 0 Å². The summed E-state index contributed by atoms with van der Waals surface area (Å²) in [6.07, 6.45) is 2.85. The van der Waals surface area contributed by atoms with Crippen LogP contribution in [0.5, 0.6) is 0 Å². The summed E-state index contributed by atoms with van der Waals surface area (Å²) in [6, 6.07) is 4.25. The molecular weight excluding hydrogens is 240 g/mol. The second-order valence-electron chi connectivity index (χ2n) is 7.42. The fourth-order valence-corrected chi connectivity index (χ4v) is 2.99. The number of rotatable bonds is 4. The largest absolute Gasteiger partial charge is 0.388 e. The van der Waals surface area contributed by atoms with Gasteiger partial charge in [-0.2, -0.15) is 0 Å². The van der Waals surface area contributed by atoms with Crippen LogP contribution < -0.4 is 0 Å². The molecule has 18 heavy (non-hydrogen) atoms. The van der Waals surface area contributed by atoms with Crippen molar-refractivity contribution in [1.82, 2.24) is 0 Å². The predicted octanol–water partition coefficient (Wildman–Crippen LogP) is 5.30. The minimum absolute atomic E-state index is 0.189. The highest BCUT2D eigenvalue weighted by molar-refractivity contribution is 7.12. The minimum Gasteiger partial charge on any atom is -0.388 e. The lowest BCUT2D eigenvalue weighted by Gasteiger charge is -2.19. The number of aliphatic hydroxyl groups is 1. The number of thiophene rings is 1. The van der Waals surface area contributed by atoms with Crippen LogP contribution in [0.1, 0.15) is 76.7 Å². The molecular formula is C16H28OS. The first-order chi connectivity index (χ1) is 8.09. The molecule has 1 heterocycles. The van der Waals surface area contributed by atoms with E-state index in [1.54, 1.807) is 11.3 Å². The molecule has 0 amide bonds. The van der Waals surface area contributed by atoms with Gasteiger partial charge in [0.2, 0.25) is 0 Å². The van der Waals surface area contributed by atoms with Crippen molar-refractivity contribution in [1.29, 1.82) is 0 Å². The Morgan fingerprint density at radius 3 is 2.17 bits per heavy atom. The summed E-state index contributed by atoms with van der Waals surface area (Å²) < 4.78 is 0. The van der Waals surface area contributed by atoms with E-state index in [9.17, 15) is 5.11 Å². The second-order valence-corrected chi connectivity index (χ2v) is 8.54. The summed E-state index contributed by atoms with van der Waals surface area (Å²) in [4.78, 5) is 2.47. The number of aliphatic hydroxyl groups excluding tert-OH is 1. The van der Waals surface area contributed by atoms with Crippen LogP contribution in [0.3, 0.4) is 0 Å². The van der Waals surface area contributed by atoms with E-state index < -0.39 is 0 Å². The Balaban J connectivity index is 2.52. The van der Waals surface area contributed by atoms with Gasteiger partial charge in [-0.15, -0.1) is 11.3 Å². The van der Waals surface area contributed by atoms with Crippen LogP contribution in [0.15, 0.2) is 12.1 Å². The maximum atomic E-state index is 10.2. The molecule has 1 atom stereocenters. The first kappa shape index (κ1) is 15.7. The Kier molecular flexibility index (Phi) is 5.02. The van der Waals surface area contributed by atoms with Crippen molar-refractivity contribution in [2.24, 2.45) is 5.41 Å². The third-order valence-corrected chi connectivity index (χ3v) is 4.71. The van der Waals surface area contributed by atoms with Crippen molar-refractivity contribution in [2.45, 2.75) is 72.3 Å². The Morgan fingerprint density at radius 1 is 1.11 bits per heavy atom. The topological polar surface area (TPSA) is 20.2 Å². The van der Waals surface area contributed by atoms with Gasteiger partial charge in [-0.05, 0) is 42.2 Å². The third-order valence-electron chi connectivity index (χ3n) is 3.10. The molecule has 0 bridgehead atoms. The van der Waals surface area contributed by atoms with Crippen LogP contribution >= 0.6 is 11.3 Å². The molecule has 1 unspecified atom stereocenters. The molecule has 1 aromatic heterocycles. The van der Waals surface area contributed by atoms with Crippen LogP contribution in [-0.4, -0.2) is 5.11 Å². The maximum Gasteiger partial charge on any atom is 0.0882 e. The first-order valence-corrected chi connectivity index (χ1v) is 7.69. The smallest absolute Gasteiger partial charge is 0.0882 e. The number of hydrogen-bond acceptors (Lipinski definition) is 2. The molecule has 0 aliphatic rings. The molecule has 0 aliphatic carbocycles. The zero-order chi connectivity index (χ0) is 14.0. The van der Waals surface area contributed by atoms with Gasteiger partial charge in [0.1, 0.15) is 0 Å². The van der Waals surface area contributed by atoms with E-state index in [1.165, 1.54) is 11.3 Å². The summed E-state index contributed by atoms with van der Waals surface area (Å²) in [5.41, 5.74) is 0.555. The molecule has 0 saturated heterocycles. The average Bonchev–Trinajstić information content (AvgIpc) is 2.62. The predicted molar refractivity (Wildman–Crippen MR) is 81.3 cm³/mol. The molecule has 0 saturated carbocycles. The molecule has 0 radical (unpaired) electrons. The van der Waals surface area contributed by atoms with Crippen molar-refractivity contribution in [3.8, 4) is 0 Å². The van der Waals surface area contributed by atoms with E-state index in [0.29, 0.717) is 5.41 Å². The van der Waals surface area contributed by atoms with Crippen LogP contribution in [0.4, 0.5) is 0 Å². The summed E-state index contributed by atoms with van der Waals surface area (Å²) in [5.74, 6) is 0. The Morgan fingerprint density at radius 2 is 1.72 bits per heavy atom. The first-order valence-electron chi connectivity index (χ1n) is 6.88. The van der Waals surface area contributed by atoms with Crippen molar-refractivity contribution >= 4 is 11.3 Å². The van der Waals surface area contributed by atoms with Gasteiger partial charge in [-0.1, -0.05) is 41.5 Å². The SMILES string of the molecule is CC(C)(C)CCCC(O)c1ccc(C(C)(C)C)s1. The highest BCUT2D eigenvalue weighted by atomic mass is 32.1. The van der Waals surface area contributed by atoms with Gasteiger partial charge in [0.15, 0.2) is 0 Å². The number of hydrogen-bond donors (Lipinski definition) is 1. The molecule has 0 aromatic carbocycles. The zero-order valence-corrected chi connectivity index (χ0v) is 13.5. The quantitative estimate of drug-likeness (QED) is 0.786. The second kappa shape index (κ2) is 5.75. The molecule has 104 valence electrons. The van der Waals surface area contributed by atoms with Crippen molar-refractivity contribution in [2.75, 3.05) is 0 Å². The lowest BCUT2D eigenvalue weighted by Crippen LogP contribution is -2.08. The zero-order valence-electron chi connectivity index (χ0n) is 12.7. The fraction of sp³-hybridized carbons (Fsp3) is 0.750. The normalized spacial score (nSPS) is 14.8. The van der Waals surface area contributed by atoms with Gasteiger partial charge in [0.05, 0.1) is 6.10 Å². The fourth-order valence-electron chi connectivity index (χ4n) is 1.90. The lowest BCUT2D eigenvalue weighted by molar-refractivity contribution is 0.161. The Labute approximate surface area is 116 Å². The van der Waals surface area contributed by atoms with Crippen LogP contribution in [0.25, 0.3) is 0 Å². The minimum atomic E-state index is -0.284. The molecule has 0 fully saturated rings. The third kappa shape index (κ3) is 5.11. The van der Waals surface area contributed by atoms with Gasteiger partial charge < -0.3 is 5.11 Å². The van der Waals surface area contributed by atoms with Crippen molar-refractivity contribution < 1.29 is 5.11 Å². The summed E-state index contributed by atoms with van der Waals surface area (Å²) >= 11 is 1.76. The Hall–Kier alpha value is -0.340. The van der Waals surface area contributed by atoms with Crippen LogP contribution in [0.2, 0.25) is 0 Å². The van der Waals surface area contributed by atoms with Crippen LogP contribution in [0, 0.1) is 5.41 Å². The van der Waals surface area contributed by atoms with E-state index in [0.717, 1.165) is 17.7 Å². The molecule has 1 rings (SSSR count). The summed E-state index contributed by atoms with van der Waals surface area (Å²) in [7, 11) is 0. The Bertz CT molecular complexity index is 365. The lowest BCUT2D eigenvalue weighted by atomic mass is 9.89. The van der Waals surface area contributed by atoms with Gasteiger partial charge in [-0.3, -0.25) is 0 Å². The molecule has 0 aliphatic heterocycles. The average molecular weight is 268 g/mol. The van der Waals surface area contributed by atoms with Gasteiger partial charge >= 0.3 is 0 Å². The summed E-state index contributed by atoms with van der Waals surface area (Å²) in [6.45, 7) is 13.4. The van der Waals surface area contributed by atoms with Gasteiger partial charge in [-0.25, -0.2) is 0 Å². The van der Waals surface area contributed by atoms with E-state index in [-0.39, 0.29) is 11.5 Å². The highest BCUT2D eigenvalue weighted by Crippen LogP contribution is 2.34. The monoisotopic (exact) mass is 268 g/mol. The van der Waals surface area contributed by atoms with E-state index in [1.807, 2.05) is 0 Å². The molecule has 2 heteroatoms.